The molecule has 7 heteroatoms. The Morgan fingerprint density at radius 2 is 2.40 bits per heavy atom. The normalized spacial score (nSPS) is 23.6. The van der Waals surface area contributed by atoms with Crippen molar-refractivity contribution in [3.63, 3.8) is 0 Å². The SMILES string of the molecule is CC1CC1Nc1nc(Cl)ncc1[N+](=O)[O-]. The highest BCUT2D eigenvalue weighted by Crippen LogP contribution is 2.34. The molecule has 0 spiro atoms. The lowest BCUT2D eigenvalue weighted by molar-refractivity contribution is -0.384. The van der Waals surface area contributed by atoms with E-state index in [1.807, 2.05) is 0 Å². The van der Waals surface area contributed by atoms with Crippen molar-refractivity contribution in [1.82, 2.24) is 9.97 Å². The molecule has 1 aliphatic carbocycles. The predicted octanol–water partition coefficient (Wildman–Crippen LogP) is 1.86. The van der Waals surface area contributed by atoms with E-state index in [1.165, 1.54) is 0 Å². The van der Waals surface area contributed by atoms with Gasteiger partial charge in [-0.05, 0) is 23.9 Å². The minimum absolute atomic E-state index is 0.0106. The molecule has 1 saturated carbocycles. The summed E-state index contributed by atoms with van der Waals surface area (Å²) in [6, 6.07) is 0.259. The quantitative estimate of drug-likeness (QED) is 0.485. The van der Waals surface area contributed by atoms with Crippen molar-refractivity contribution in [2.45, 2.75) is 19.4 Å². The van der Waals surface area contributed by atoms with Crippen LogP contribution in [-0.4, -0.2) is 20.9 Å². The molecule has 6 nitrogen and oxygen atoms in total. The summed E-state index contributed by atoms with van der Waals surface area (Å²) in [5, 5.41) is 13.6. The zero-order chi connectivity index (χ0) is 11.0. The van der Waals surface area contributed by atoms with Gasteiger partial charge in [0.1, 0.15) is 6.20 Å². The molecule has 0 radical (unpaired) electrons. The molecular weight excluding hydrogens is 220 g/mol. The van der Waals surface area contributed by atoms with Crippen molar-refractivity contribution in [2.24, 2.45) is 5.92 Å². The number of aromatic nitrogens is 2. The first-order valence-electron chi connectivity index (χ1n) is 4.51. The van der Waals surface area contributed by atoms with E-state index in [0.29, 0.717) is 5.92 Å². The first-order valence-corrected chi connectivity index (χ1v) is 4.89. The van der Waals surface area contributed by atoms with Crippen molar-refractivity contribution in [1.29, 1.82) is 0 Å². The molecule has 1 N–H and O–H groups in total. The molecule has 1 aromatic heterocycles. The van der Waals surface area contributed by atoms with Crippen molar-refractivity contribution in [3.8, 4) is 0 Å². The third kappa shape index (κ3) is 2.15. The lowest BCUT2D eigenvalue weighted by atomic mass is 10.4. The third-order valence-corrected chi connectivity index (χ3v) is 2.55. The molecule has 80 valence electrons. The van der Waals surface area contributed by atoms with Gasteiger partial charge in [-0.1, -0.05) is 6.92 Å². The lowest BCUT2D eigenvalue weighted by Gasteiger charge is -2.04. The van der Waals surface area contributed by atoms with Crippen LogP contribution in [0.15, 0.2) is 6.20 Å². The Morgan fingerprint density at radius 3 is 2.93 bits per heavy atom. The maximum Gasteiger partial charge on any atom is 0.329 e. The lowest BCUT2D eigenvalue weighted by Crippen LogP contribution is -2.08. The Morgan fingerprint density at radius 1 is 1.73 bits per heavy atom. The van der Waals surface area contributed by atoms with Gasteiger partial charge < -0.3 is 5.32 Å². The molecule has 2 unspecified atom stereocenters. The maximum absolute atomic E-state index is 10.7. The number of anilines is 1. The number of hydrogen-bond donors (Lipinski definition) is 1. The minimum Gasteiger partial charge on any atom is -0.361 e. The second-order valence-corrected chi connectivity index (χ2v) is 3.93. The molecule has 1 aromatic rings. The largest absolute Gasteiger partial charge is 0.361 e. The minimum atomic E-state index is -0.522. The molecule has 1 heterocycles. The number of halogens is 1. The Hall–Kier alpha value is -1.43. The number of hydrogen-bond acceptors (Lipinski definition) is 5. The van der Waals surface area contributed by atoms with E-state index in [9.17, 15) is 10.1 Å². The Balaban J connectivity index is 2.26. The second kappa shape index (κ2) is 3.62. The summed E-state index contributed by atoms with van der Waals surface area (Å²) in [6.07, 6.45) is 2.11. The van der Waals surface area contributed by atoms with Gasteiger partial charge in [-0.2, -0.15) is 4.98 Å². The van der Waals surface area contributed by atoms with Crippen LogP contribution < -0.4 is 5.32 Å². The second-order valence-electron chi connectivity index (χ2n) is 3.59. The maximum atomic E-state index is 10.7. The fourth-order valence-corrected chi connectivity index (χ4v) is 1.43. The van der Waals surface area contributed by atoms with Crippen molar-refractivity contribution in [3.05, 3.63) is 21.6 Å². The van der Waals surface area contributed by atoms with Gasteiger partial charge in [0.25, 0.3) is 0 Å². The standard InChI is InChI=1S/C8H9ClN4O2/c1-4-2-5(4)11-7-6(13(14)15)3-10-8(9)12-7/h3-5H,2H2,1H3,(H,10,11,12). The van der Waals surface area contributed by atoms with Crippen LogP contribution in [0.2, 0.25) is 5.28 Å². The van der Waals surface area contributed by atoms with Crippen LogP contribution in [0.4, 0.5) is 11.5 Å². The van der Waals surface area contributed by atoms with E-state index in [2.05, 4.69) is 22.2 Å². The van der Waals surface area contributed by atoms with Gasteiger partial charge in [0.05, 0.1) is 4.92 Å². The zero-order valence-corrected chi connectivity index (χ0v) is 8.73. The van der Waals surface area contributed by atoms with Gasteiger partial charge in [-0.3, -0.25) is 10.1 Å². The van der Waals surface area contributed by atoms with Gasteiger partial charge >= 0.3 is 5.69 Å². The first-order chi connectivity index (χ1) is 7.08. The highest BCUT2D eigenvalue weighted by Gasteiger charge is 2.34. The summed E-state index contributed by atoms with van der Waals surface area (Å²) in [5.74, 6) is 0.729. The van der Waals surface area contributed by atoms with Crippen molar-refractivity contribution < 1.29 is 4.92 Å². The van der Waals surface area contributed by atoms with E-state index in [0.717, 1.165) is 12.6 Å². The fourth-order valence-electron chi connectivity index (χ4n) is 1.29. The molecule has 0 aromatic carbocycles. The van der Waals surface area contributed by atoms with Crippen LogP contribution >= 0.6 is 11.6 Å². The molecule has 1 fully saturated rings. The Bertz CT molecular complexity index is 412. The van der Waals surface area contributed by atoms with Crippen LogP contribution in [0, 0.1) is 16.0 Å². The Kier molecular flexibility index (Phi) is 2.44. The molecule has 1 aliphatic rings. The van der Waals surface area contributed by atoms with Crippen LogP contribution in [0.3, 0.4) is 0 Å². The zero-order valence-electron chi connectivity index (χ0n) is 7.98. The van der Waals surface area contributed by atoms with Gasteiger partial charge in [-0.25, -0.2) is 4.98 Å². The fraction of sp³-hybridized carbons (Fsp3) is 0.500. The van der Waals surface area contributed by atoms with E-state index in [-0.39, 0.29) is 22.8 Å². The van der Waals surface area contributed by atoms with Gasteiger partial charge in [0, 0.05) is 6.04 Å². The summed E-state index contributed by atoms with van der Waals surface area (Å²) in [4.78, 5) is 17.5. The first kappa shape index (κ1) is 10.1. The van der Waals surface area contributed by atoms with Gasteiger partial charge in [0.15, 0.2) is 0 Å². The summed E-state index contributed by atoms with van der Waals surface area (Å²) in [5.41, 5.74) is -0.140. The van der Waals surface area contributed by atoms with E-state index in [4.69, 9.17) is 11.6 Å². The average molecular weight is 229 g/mol. The monoisotopic (exact) mass is 228 g/mol. The van der Waals surface area contributed by atoms with Crippen LogP contribution in [0.5, 0.6) is 0 Å². The van der Waals surface area contributed by atoms with E-state index in [1.54, 1.807) is 0 Å². The molecule has 0 amide bonds. The molecule has 0 aliphatic heterocycles. The van der Waals surface area contributed by atoms with Crippen LogP contribution in [0.1, 0.15) is 13.3 Å². The average Bonchev–Trinajstić information content (AvgIpc) is 2.81. The molecule has 15 heavy (non-hydrogen) atoms. The van der Waals surface area contributed by atoms with E-state index >= 15 is 0 Å². The van der Waals surface area contributed by atoms with Crippen LogP contribution in [-0.2, 0) is 0 Å². The summed E-state index contributed by atoms with van der Waals surface area (Å²) in [6.45, 7) is 2.06. The van der Waals surface area contributed by atoms with E-state index < -0.39 is 4.92 Å². The summed E-state index contributed by atoms with van der Waals surface area (Å²) >= 11 is 5.58. The molecule has 0 saturated heterocycles. The highest BCUT2D eigenvalue weighted by molar-refractivity contribution is 6.28. The predicted molar refractivity (Wildman–Crippen MR) is 54.9 cm³/mol. The summed E-state index contributed by atoms with van der Waals surface area (Å²) < 4.78 is 0. The molecular formula is C8H9ClN4O2. The number of nitrogens with zero attached hydrogens (tertiary/aromatic N) is 3. The topological polar surface area (TPSA) is 81.0 Å². The van der Waals surface area contributed by atoms with Gasteiger partial charge in [-0.15, -0.1) is 0 Å². The molecule has 0 bridgehead atoms. The molecule has 2 atom stereocenters. The third-order valence-electron chi connectivity index (χ3n) is 2.37. The van der Waals surface area contributed by atoms with Gasteiger partial charge in [0.2, 0.25) is 11.1 Å². The van der Waals surface area contributed by atoms with Crippen molar-refractivity contribution in [2.75, 3.05) is 5.32 Å². The smallest absolute Gasteiger partial charge is 0.329 e. The van der Waals surface area contributed by atoms with Crippen LogP contribution in [0.25, 0.3) is 0 Å². The van der Waals surface area contributed by atoms with Crippen molar-refractivity contribution >= 4 is 23.1 Å². The Labute approximate surface area is 90.8 Å². The molecule has 2 rings (SSSR count). The number of nitrogens with one attached hydrogen (secondary N) is 1. The number of nitro groups is 1. The highest BCUT2D eigenvalue weighted by atomic mass is 35.5. The number of rotatable bonds is 3. The summed E-state index contributed by atoms with van der Waals surface area (Å²) in [7, 11) is 0.